The lowest BCUT2D eigenvalue weighted by atomic mass is 9.96. The predicted octanol–water partition coefficient (Wildman–Crippen LogP) is 7.27. The molecule has 0 unspecified atom stereocenters. The van der Waals surface area contributed by atoms with Crippen LogP contribution in [0.4, 0.5) is 0 Å². The summed E-state index contributed by atoms with van der Waals surface area (Å²) >= 11 is 6.01. The van der Waals surface area contributed by atoms with Gasteiger partial charge in [-0.25, -0.2) is 0 Å². The fourth-order valence-electron chi connectivity index (χ4n) is 4.28. The number of benzene rings is 3. The van der Waals surface area contributed by atoms with E-state index in [4.69, 9.17) is 16.3 Å². The molecule has 1 N–H and O–H groups in total. The molecule has 0 bridgehead atoms. The van der Waals surface area contributed by atoms with Crippen LogP contribution in [0.2, 0.25) is 5.02 Å². The van der Waals surface area contributed by atoms with E-state index in [-0.39, 0.29) is 0 Å². The van der Waals surface area contributed by atoms with Crippen LogP contribution in [0.15, 0.2) is 60.7 Å². The van der Waals surface area contributed by atoms with Gasteiger partial charge in [-0.2, -0.15) is 0 Å². The van der Waals surface area contributed by atoms with Crippen LogP contribution in [0, 0.1) is 0 Å². The predicted molar refractivity (Wildman–Crippen MR) is 123 cm³/mol. The normalized spacial score (nSPS) is 15.8. The minimum Gasteiger partial charge on any atom is -0.489 e. The summed E-state index contributed by atoms with van der Waals surface area (Å²) in [4.78, 5) is 0. The second kappa shape index (κ2) is 10.1. The van der Waals surface area contributed by atoms with Gasteiger partial charge in [-0.05, 0) is 47.4 Å². The van der Waals surface area contributed by atoms with Crippen LogP contribution in [0.25, 0.3) is 10.8 Å². The molecule has 0 spiro atoms. The zero-order valence-electron chi connectivity index (χ0n) is 17.0. The number of halogens is 1. The zero-order chi connectivity index (χ0) is 19.9. The van der Waals surface area contributed by atoms with Crippen LogP contribution in [0.3, 0.4) is 0 Å². The average Bonchev–Trinajstić information content (AvgIpc) is 2.73. The Morgan fingerprint density at radius 3 is 2.34 bits per heavy atom. The molecule has 0 radical (unpaired) electrons. The van der Waals surface area contributed by atoms with Crippen LogP contribution in [0.1, 0.15) is 56.1 Å². The van der Waals surface area contributed by atoms with Crippen LogP contribution in [0.5, 0.6) is 5.75 Å². The van der Waals surface area contributed by atoms with E-state index >= 15 is 0 Å². The fraction of sp³-hybridized carbons (Fsp3) is 0.385. The summed E-state index contributed by atoms with van der Waals surface area (Å²) in [5.41, 5.74) is 2.39. The van der Waals surface area contributed by atoms with E-state index in [1.165, 1.54) is 61.3 Å². The number of ether oxygens (including phenoxy) is 1. The summed E-state index contributed by atoms with van der Waals surface area (Å²) < 4.78 is 6.27. The van der Waals surface area contributed by atoms with Crippen molar-refractivity contribution in [3.05, 3.63) is 76.8 Å². The molecule has 2 nitrogen and oxygen atoms in total. The highest BCUT2D eigenvalue weighted by atomic mass is 35.5. The first-order valence-corrected chi connectivity index (χ1v) is 11.3. The van der Waals surface area contributed by atoms with Gasteiger partial charge >= 0.3 is 0 Å². The van der Waals surface area contributed by atoms with Crippen LogP contribution < -0.4 is 10.1 Å². The highest BCUT2D eigenvalue weighted by Gasteiger charge is 2.14. The quantitative estimate of drug-likeness (QED) is 0.463. The lowest BCUT2D eigenvalue weighted by Crippen LogP contribution is -2.29. The van der Waals surface area contributed by atoms with Crippen molar-refractivity contribution in [2.24, 2.45) is 0 Å². The van der Waals surface area contributed by atoms with Gasteiger partial charge in [-0.1, -0.05) is 86.2 Å². The Morgan fingerprint density at radius 2 is 1.55 bits per heavy atom. The molecule has 1 saturated carbocycles. The van der Waals surface area contributed by atoms with E-state index in [1.54, 1.807) is 0 Å². The lowest BCUT2D eigenvalue weighted by Gasteiger charge is -2.22. The molecule has 3 heteroatoms. The molecule has 0 aliphatic heterocycles. The van der Waals surface area contributed by atoms with Crippen molar-refractivity contribution in [2.75, 3.05) is 0 Å². The van der Waals surface area contributed by atoms with Gasteiger partial charge in [0.15, 0.2) is 0 Å². The highest BCUT2D eigenvalue weighted by Crippen LogP contribution is 2.29. The first kappa shape index (κ1) is 20.3. The Morgan fingerprint density at radius 1 is 0.828 bits per heavy atom. The number of nitrogens with one attached hydrogen (secondary N) is 1. The van der Waals surface area contributed by atoms with E-state index < -0.39 is 0 Å². The van der Waals surface area contributed by atoms with Crippen LogP contribution in [-0.2, 0) is 13.2 Å². The van der Waals surface area contributed by atoms with Gasteiger partial charge in [-0.3, -0.25) is 0 Å². The molecule has 152 valence electrons. The third-order valence-corrected chi connectivity index (χ3v) is 6.23. The molecule has 0 heterocycles. The van der Waals surface area contributed by atoms with Crippen molar-refractivity contribution in [3.8, 4) is 5.75 Å². The van der Waals surface area contributed by atoms with Gasteiger partial charge in [-0.15, -0.1) is 0 Å². The van der Waals surface area contributed by atoms with Crippen molar-refractivity contribution < 1.29 is 4.74 Å². The van der Waals surface area contributed by atoms with Gasteiger partial charge in [0, 0.05) is 23.2 Å². The molecule has 0 atom stereocenters. The summed E-state index contributed by atoms with van der Waals surface area (Å²) in [6.07, 6.45) is 9.40. The average molecular weight is 408 g/mol. The summed E-state index contributed by atoms with van der Waals surface area (Å²) in [5, 5.41) is 7.14. The zero-order valence-corrected chi connectivity index (χ0v) is 17.8. The smallest absolute Gasteiger partial charge is 0.124 e. The molecule has 1 fully saturated rings. The third kappa shape index (κ3) is 5.52. The molecule has 0 amide bonds. The highest BCUT2D eigenvalue weighted by molar-refractivity contribution is 6.30. The van der Waals surface area contributed by atoms with E-state index in [0.29, 0.717) is 12.6 Å². The molecule has 3 aromatic carbocycles. The molecular weight excluding hydrogens is 378 g/mol. The first-order valence-electron chi connectivity index (χ1n) is 10.9. The Hall–Kier alpha value is -2.03. The van der Waals surface area contributed by atoms with Gasteiger partial charge in [0.2, 0.25) is 0 Å². The molecule has 3 aromatic rings. The molecule has 1 aliphatic rings. The second-order valence-corrected chi connectivity index (χ2v) is 8.54. The molecular formula is C26H30ClNO. The van der Waals surface area contributed by atoms with E-state index in [1.807, 2.05) is 24.3 Å². The number of fused-ring (bicyclic) bond motifs is 1. The molecule has 1 aliphatic carbocycles. The largest absolute Gasteiger partial charge is 0.489 e. The second-order valence-electron chi connectivity index (χ2n) is 8.10. The van der Waals surface area contributed by atoms with Gasteiger partial charge in [0.05, 0.1) is 0 Å². The third-order valence-electron chi connectivity index (χ3n) is 5.98. The minimum atomic E-state index is 0.548. The summed E-state index contributed by atoms with van der Waals surface area (Å²) in [5.74, 6) is 0.969. The molecule has 4 rings (SSSR count). The van der Waals surface area contributed by atoms with Gasteiger partial charge < -0.3 is 10.1 Å². The van der Waals surface area contributed by atoms with Crippen molar-refractivity contribution in [1.82, 2.24) is 5.32 Å². The van der Waals surface area contributed by atoms with Crippen molar-refractivity contribution in [1.29, 1.82) is 0 Å². The van der Waals surface area contributed by atoms with Gasteiger partial charge in [0.1, 0.15) is 12.4 Å². The van der Waals surface area contributed by atoms with Crippen LogP contribution in [-0.4, -0.2) is 6.04 Å². The Balaban J connectivity index is 1.52. The maximum Gasteiger partial charge on any atom is 0.124 e. The Labute approximate surface area is 179 Å². The SMILES string of the molecule is Clc1ccc(COc2ccc3ccccc3c2CNC2CCCCCCC2)cc1. The topological polar surface area (TPSA) is 21.3 Å². The Bertz CT molecular complexity index is 914. The summed E-state index contributed by atoms with van der Waals surface area (Å²) in [7, 11) is 0. The van der Waals surface area contributed by atoms with E-state index in [2.05, 4.69) is 41.7 Å². The van der Waals surface area contributed by atoms with Crippen molar-refractivity contribution in [2.45, 2.75) is 64.1 Å². The lowest BCUT2D eigenvalue weighted by molar-refractivity contribution is 0.301. The maximum atomic E-state index is 6.27. The first-order chi connectivity index (χ1) is 14.3. The van der Waals surface area contributed by atoms with Crippen LogP contribution >= 0.6 is 11.6 Å². The number of rotatable bonds is 6. The van der Waals surface area contributed by atoms with Crippen molar-refractivity contribution in [3.63, 3.8) is 0 Å². The monoisotopic (exact) mass is 407 g/mol. The fourth-order valence-corrected chi connectivity index (χ4v) is 4.41. The number of hydrogen-bond acceptors (Lipinski definition) is 2. The summed E-state index contributed by atoms with van der Waals surface area (Å²) in [6, 6.07) is 21.4. The molecule has 29 heavy (non-hydrogen) atoms. The minimum absolute atomic E-state index is 0.548. The molecule has 0 aromatic heterocycles. The van der Waals surface area contributed by atoms with E-state index in [0.717, 1.165) is 22.9 Å². The summed E-state index contributed by atoms with van der Waals surface area (Å²) in [6.45, 7) is 1.40. The number of hydrogen-bond donors (Lipinski definition) is 1. The van der Waals surface area contributed by atoms with Gasteiger partial charge in [0.25, 0.3) is 0 Å². The van der Waals surface area contributed by atoms with E-state index in [9.17, 15) is 0 Å². The Kier molecular flexibility index (Phi) is 7.08. The molecule has 0 saturated heterocycles. The van der Waals surface area contributed by atoms with Crippen molar-refractivity contribution >= 4 is 22.4 Å². The maximum absolute atomic E-state index is 6.27. The standard InChI is InChI=1S/C26H30ClNO/c27-22-15-12-20(13-16-22)19-29-26-17-14-21-8-6-7-11-24(21)25(26)18-28-23-9-4-2-1-3-5-10-23/h6-8,11-17,23,28H,1-5,9-10,18-19H2.